The van der Waals surface area contributed by atoms with Gasteiger partial charge >= 0.3 is 0 Å². The molecule has 0 heterocycles. The van der Waals surface area contributed by atoms with Gasteiger partial charge in [0.1, 0.15) is 6.54 Å². The van der Waals surface area contributed by atoms with Gasteiger partial charge in [0.15, 0.2) is 0 Å². The van der Waals surface area contributed by atoms with Crippen molar-refractivity contribution in [3.05, 3.63) is 59.7 Å². The van der Waals surface area contributed by atoms with Crippen molar-refractivity contribution in [2.24, 2.45) is 0 Å². The van der Waals surface area contributed by atoms with Crippen molar-refractivity contribution in [1.82, 2.24) is 0 Å². The molecule has 0 fully saturated rings. The normalized spacial score (nSPS) is 10.7. The minimum atomic E-state index is -0.300. The predicted molar refractivity (Wildman–Crippen MR) is 103 cm³/mol. The van der Waals surface area contributed by atoms with Crippen LogP contribution in [-0.4, -0.2) is 18.4 Å². The van der Waals surface area contributed by atoms with Crippen LogP contribution in [0.1, 0.15) is 38.8 Å². The minimum absolute atomic E-state index is 0.0414. The largest absolute Gasteiger partial charge is 0.325 e. The van der Waals surface area contributed by atoms with Gasteiger partial charge in [-0.3, -0.25) is 9.59 Å². The monoisotopic (exact) mass is 349 g/mol. The number of benzene rings is 2. The maximum atomic E-state index is 12.4. The van der Waals surface area contributed by atoms with Crippen LogP contribution in [0.4, 0.5) is 11.4 Å². The van der Waals surface area contributed by atoms with Crippen molar-refractivity contribution in [1.29, 1.82) is 5.26 Å². The van der Waals surface area contributed by atoms with Crippen molar-refractivity contribution in [3.63, 3.8) is 0 Å². The Kier molecular flexibility index (Phi) is 5.78. The molecule has 0 aromatic heterocycles. The first kappa shape index (κ1) is 19.2. The van der Waals surface area contributed by atoms with Crippen LogP contribution in [-0.2, 0) is 15.0 Å². The molecule has 2 aromatic carbocycles. The van der Waals surface area contributed by atoms with E-state index in [0.717, 1.165) is 0 Å². The number of amides is 2. The van der Waals surface area contributed by atoms with Crippen LogP contribution in [0.25, 0.3) is 0 Å². The summed E-state index contributed by atoms with van der Waals surface area (Å²) in [6.07, 6.45) is 0. The Balaban J connectivity index is 2.11. The average Bonchev–Trinajstić information content (AvgIpc) is 2.59. The van der Waals surface area contributed by atoms with E-state index in [-0.39, 0.29) is 23.8 Å². The Morgan fingerprint density at radius 1 is 1.12 bits per heavy atom. The molecular weight excluding hydrogens is 326 g/mol. The predicted octanol–water partition coefficient (Wildman–Crippen LogP) is 3.85. The average molecular weight is 349 g/mol. The number of carbonyl (C=O) groups is 2. The molecule has 2 amide bonds. The molecule has 0 saturated heterocycles. The van der Waals surface area contributed by atoms with Gasteiger partial charge in [-0.25, -0.2) is 0 Å². The molecular formula is C21H23N3O2. The van der Waals surface area contributed by atoms with E-state index in [1.54, 1.807) is 24.3 Å². The summed E-state index contributed by atoms with van der Waals surface area (Å²) in [7, 11) is 0. The number of nitriles is 1. The molecule has 0 atom stereocenters. The smallest absolute Gasteiger partial charge is 0.244 e. The van der Waals surface area contributed by atoms with Crippen molar-refractivity contribution < 1.29 is 9.59 Å². The van der Waals surface area contributed by atoms with Gasteiger partial charge < -0.3 is 10.2 Å². The Morgan fingerprint density at radius 3 is 2.31 bits per heavy atom. The van der Waals surface area contributed by atoms with Gasteiger partial charge in [0, 0.05) is 18.3 Å². The van der Waals surface area contributed by atoms with E-state index in [2.05, 4.69) is 26.1 Å². The van der Waals surface area contributed by atoms with Gasteiger partial charge in [-0.05, 0) is 41.3 Å². The number of nitrogens with zero attached hydrogens (tertiary/aromatic N) is 2. The SMILES string of the molecule is CC(=O)N(CC(=O)Nc1ccc(C(C)(C)C)cc1)c1cccc(C#N)c1. The Morgan fingerprint density at radius 2 is 1.77 bits per heavy atom. The van der Waals surface area contributed by atoms with E-state index >= 15 is 0 Å². The number of anilines is 2. The summed E-state index contributed by atoms with van der Waals surface area (Å²) in [6.45, 7) is 7.65. The highest BCUT2D eigenvalue weighted by Gasteiger charge is 2.17. The van der Waals surface area contributed by atoms with Crippen molar-refractivity contribution in [2.45, 2.75) is 33.1 Å². The molecule has 0 radical (unpaired) electrons. The molecule has 0 aliphatic heterocycles. The molecule has 134 valence electrons. The third-order valence-corrected chi connectivity index (χ3v) is 4.00. The first-order valence-corrected chi connectivity index (χ1v) is 8.39. The molecule has 5 heteroatoms. The summed E-state index contributed by atoms with van der Waals surface area (Å²) >= 11 is 0. The lowest BCUT2D eigenvalue weighted by atomic mass is 9.87. The number of carbonyl (C=O) groups excluding carboxylic acids is 2. The molecule has 0 aliphatic carbocycles. The van der Waals surface area contributed by atoms with Crippen molar-refractivity contribution >= 4 is 23.2 Å². The highest BCUT2D eigenvalue weighted by atomic mass is 16.2. The lowest BCUT2D eigenvalue weighted by Gasteiger charge is -2.21. The molecule has 0 unspecified atom stereocenters. The standard InChI is InChI=1S/C21H23N3O2/c1-15(25)24(19-7-5-6-16(12-19)13-22)14-20(26)23-18-10-8-17(9-11-18)21(2,3)4/h5-12H,14H2,1-4H3,(H,23,26). The summed E-state index contributed by atoms with van der Waals surface area (Å²) in [5.41, 5.74) is 2.85. The Bertz CT molecular complexity index is 843. The molecule has 0 aliphatic rings. The molecule has 2 aromatic rings. The second-order valence-corrected chi connectivity index (χ2v) is 7.14. The van der Waals surface area contributed by atoms with E-state index in [1.165, 1.54) is 17.4 Å². The fraction of sp³-hybridized carbons (Fsp3) is 0.286. The van der Waals surface area contributed by atoms with Gasteiger partial charge in [0.2, 0.25) is 11.8 Å². The lowest BCUT2D eigenvalue weighted by Crippen LogP contribution is -2.36. The summed E-state index contributed by atoms with van der Waals surface area (Å²) in [5.74, 6) is -0.565. The molecule has 0 spiro atoms. The van der Waals surface area contributed by atoms with Crippen LogP contribution in [0.2, 0.25) is 0 Å². The molecule has 5 nitrogen and oxygen atoms in total. The lowest BCUT2D eigenvalue weighted by molar-refractivity contribution is -0.120. The third-order valence-electron chi connectivity index (χ3n) is 4.00. The Labute approximate surface area is 154 Å². The first-order chi connectivity index (χ1) is 12.2. The maximum Gasteiger partial charge on any atom is 0.244 e. The summed E-state index contributed by atoms with van der Waals surface area (Å²) < 4.78 is 0. The van der Waals surface area contributed by atoms with Gasteiger partial charge in [-0.2, -0.15) is 5.26 Å². The zero-order chi connectivity index (χ0) is 19.3. The fourth-order valence-corrected chi connectivity index (χ4v) is 2.53. The highest BCUT2D eigenvalue weighted by molar-refractivity contribution is 6.01. The second-order valence-electron chi connectivity index (χ2n) is 7.14. The zero-order valence-electron chi connectivity index (χ0n) is 15.5. The first-order valence-electron chi connectivity index (χ1n) is 8.39. The van der Waals surface area contributed by atoms with E-state index in [9.17, 15) is 9.59 Å². The quantitative estimate of drug-likeness (QED) is 0.911. The van der Waals surface area contributed by atoms with E-state index in [4.69, 9.17) is 5.26 Å². The van der Waals surface area contributed by atoms with Crippen molar-refractivity contribution in [3.8, 4) is 6.07 Å². The minimum Gasteiger partial charge on any atom is -0.325 e. The molecule has 1 N–H and O–H groups in total. The van der Waals surface area contributed by atoms with E-state index in [0.29, 0.717) is 16.9 Å². The Hall–Kier alpha value is -3.13. The van der Waals surface area contributed by atoms with E-state index in [1.807, 2.05) is 30.3 Å². The fourth-order valence-electron chi connectivity index (χ4n) is 2.53. The van der Waals surface area contributed by atoms with E-state index < -0.39 is 0 Å². The zero-order valence-corrected chi connectivity index (χ0v) is 15.5. The van der Waals surface area contributed by atoms with Crippen LogP contribution >= 0.6 is 0 Å². The third kappa shape index (κ3) is 4.93. The van der Waals surface area contributed by atoms with Gasteiger partial charge in [-0.15, -0.1) is 0 Å². The highest BCUT2D eigenvalue weighted by Crippen LogP contribution is 2.23. The molecule has 0 bridgehead atoms. The topological polar surface area (TPSA) is 73.2 Å². The van der Waals surface area contributed by atoms with Crippen LogP contribution in [0.3, 0.4) is 0 Å². The van der Waals surface area contributed by atoms with Gasteiger partial charge in [0.25, 0.3) is 0 Å². The number of rotatable bonds is 4. The van der Waals surface area contributed by atoms with Crippen LogP contribution in [0, 0.1) is 11.3 Å². The van der Waals surface area contributed by atoms with Crippen molar-refractivity contribution in [2.75, 3.05) is 16.8 Å². The number of nitrogens with one attached hydrogen (secondary N) is 1. The molecule has 2 rings (SSSR count). The van der Waals surface area contributed by atoms with Crippen LogP contribution < -0.4 is 10.2 Å². The number of hydrogen-bond acceptors (Lipinski definition) is 3. The van der Waals surface area contributed by atoms with Crippen LogP contribution in [0.5, 0.6) is 0 Å². The van der Waals surface area contributed by atoms with Gasteiger partial charge in [-0.1, -0.05) is 39.0 Å². The summed E-state index contributed by atoms with van der Waals surface area (Å²) in [4.78, 5) is 25.7. The van der Waals surface area contributed by atoms with Crippen LogP contribution in [0.15, 0.2) is 48.5 Å². The summed E-state index contributed by atoms with van der Waals surface area (Å²) in [6, 6.07) is 16.3. The maximum absolute atomic E-state index is 12.4. The van der Waals surface area contributed by atoms with Gasteiger partial charge in [0.05, 0.1) is 11.6 Å². The second kappa shape index (κ2) is 7.83. The number of hydrogen-bond donors (Lipinski definition) is 1. The molecule has 0 saturated carbocycles. The molecule has 26 heavy (non-hydrogen) atoms. The summed E-state index contributed by atoms with van der Waals surface area (Å²) in [5, 5.41) is 11.8.